The molecule has 0 radical (unpaired) electrons. The van der Waals surface area contributed by atoms with Crippen molar-refractivity contribution in [1.29, 1.82) is 0 Å². The standard InChI is InChI=1S/C20H24FN3O2.2ClH/c1-26-19-7-4-16(12-18(19)21)14-23-8-10-24(11-9-23)20(25)13-15-2-5-17(22)6-3-15;;/h2-7,12H,8-11,13-14,22H2,1H3;2*1H. The molecule has 0 spiro atoms. The van der Waals surface area contributed by atoms with Crippen LogP contribution in [0.5, 0.6) is 5.75 Å². The van der Waals surface area contributed by atoms with E-state index in [2.05, 4.69) is 4.90 Å². The summed E-state index contributed by atoms with van der Waals surface area (Å²) in [5.41, 5.74) is 8.25. The van der Waals surface area contributed by atoms with Crippen LogP contribution in [0.1, 0.15) is 11.1 Å². The Morgan fingerprint density at radius 1 is 1.04 bits per heavy atom. The van der Waals surface area contributed by atoms with Crippen molar-refractivity contribution in [2.75, 3.05) is 39.0 Å². The fourth-order valence-corrected chi connectivity index (χ4v) is 3.14. The molecule has 2 N–H and O–H groups in total. The number of nitrogens with two attached hydrogens (primary N) is 1. The molecule has 1 amide bonds. The molecule has 2 aromatic carbocycles. The number of carbonyl (C=O) groups is 1. The summed E-state index contributed by atoms with van der Waals surface area (Å²) >= 11 is 0. The highest BCUT2D eigenvalue weighted by Gasteiger charge is 2.21. The van der Waals surface area contributed by atoms with E-state index in [9.17, 15) is 9.18 Å². The van der Waals surface area contributed by atoms with Gasteiger partial charge >= 0.3 is 0 Å². The minimum absolute atomic E-state index is 0. The minimum Gasteiger partial charge on any atom is -0.494 e. The summed E-state index contributed by atoms with van der Waals surface area (Å²) < 4.78 is 18.7. The van der Waals surface area contributed by atoms with E-state index in [1.165, 1.54) is 13.2 Å². The quantitative estimate of drug-likeness (QED) is 0.741. The number of anilines is 1. The molecule has 3 rings (SSSR count). The highest BCUT2D eigenvalue weighted by atomic mass is 35.5. The second kappa shape index (κ2) is 11.1. The van der Waals surface area contributed by atoms with Crippen molar-refractivity contribution >= 4 is 36.4 Å². The van der Waals surface area contributed by atoms with Crippen LogP contribution in [-0.2, 0) is 17.8 Å². The number of methoxy groups -OCH3 is 1. The number of amides is 1. The second-order valence-corrected chi connectivity index (χ2v) is 6.54. The second-order valence-electron chi connectivity index (χ2n) is 6.54. The smallest absolute Gasteiger partial charge is 0.227 e. The number of rotatable bonds is 5. The third kappa shape index (κ3) is 6.26. The Balaban J connectivity index is 0.00000196. The average Bonchev–Trinajstić information content (AvgIpc) is 2.64. The summed E-state index contributed by atoms with van der Waals surface area (Å²) in [6.45, 7) is 3.60. The van der Waals surface area contributed by atoms with Gasteiger partial charge in [-0.1, -0.05) is 18.2 Å². The first-order chi connectivity index (χ1) is 12.5. The summed E-state index contributed by atoms with van der Waals surface area (Å²) in [6.07, 6.45) is 0.393. The number of ether oxygens (including phenoxy) is 1. The first-order valence-corrected chi connectivity index (χ1v) is 8.72. The monoisotopic (exact) mass is 429 g/mol. The summed E-state index contributed by atoms with van der Waals surface area (Å²) in [5, 5.41) is 0. The van der Waals surface area contributed by atoms with Crippen molar-refractivity contribution in [2.45, 2.75) is 13.0 Å². The maximum atomic E-state index is 13.8. The average molecular weight is 430 g/mol. The first kappa shape index (κ1) is 24.0. The summed E-state index contributed by atoms with van der Waals surface area (Å²) in [7, 11) is 1.46. The topological polar surface area (TPSA) is 58.8 Å². The van der Waals surface area contributed by atoms with Gasteiger partial charge in [-0.25, -0.2) is 4.39 Å². The van der Waals surface area contributed by atoms with Crippen molar-refractivity contribution in [2.24, 2.45) is 0 Å². The van der Waals surface area contributed by atoms with E-state index < -0.39 is 0 Å². The number of halogens is 3. The highest BCUT2D eigenvalue weighted by Crippen LogP contribution is 2.19. The van der Waals surface area contributed by atoms with Gasteiger partial charge < -0.3 is 15.4 Å². The fraction of sp³-hybridized carbons (Fsp3) is 0.350. The van der Waals surface area contributed by atoms with E-state index in [1.54, 1.807) is 6.07 Å². The predicted molar refractivity (Wildman–Crippen MR) is 114 cm³/mol. The Morgan fingerprint density at radius 3 is 2.21 bits per heavy atom. The SMILES string of the molecule is COc1ccc(CN2CCN(C(=O)Cc3ccc(N)cc3)CC2)cc1F.Cl.Cl. The summed E-state index contributed by atoms with van der Waals surface area (Å²) in [5.74, 6) is 0.0408. The molecule has 1 fully saturated rings. The van der Waals surface area contributed by atoms with Crippen molar-refractivity contribution in [3.05, 3.63) is 59.4 Å². The molecular weight excluding hydrogens is 404 g/mol. The first-order valence-electron chi connectivity index (χ1n) is 8.72. The van der Waals surface area contributed by atoms with Gasteiger partial charge in [0.05, 0.1) is 13.5 Å². The summed E-state index contributed by atoms with van der Waals surface area (Å²) in [6, 6.07) is 12.4. The fourth-order valence-electron chi connectivity index (χ4n) is 3.14. The van der Waals surface area contributed by atoms with Gasteiger partial charge in [-0.05, 0) is 35.4 Å². The number of nitrogens with zero attached hydrogens (tertiary/aromatic N) is 2. The van der Waals surface area contributed by atoms with E-state index in [0.717, 1.165) is 24.2 Å². The van der Waals surface area contributed by atoms with Crippen LogP contribution in [0.4, 0.5) is 10.1 Å². The lowest BCUT2D eigenvalue weighted by molar-refractivity contribution is -0.132. The Labute approximate surface area is 177 Å². The molecule has 0 aromatic heterocycles. The third-order valence-corrected chi connectivity index (χ3v) is 4.68. The largest absolute Gasteiger partial charge is 0.494 e. The lowest BCUT2D eigenvalue weighted by Gasteiger charge is -2.35. The van der Waals surface area contributed by atoms with Gasteiger partial charge in [0.15, 0.2) is 11.6 Å². The van der Waals surface area contributed by atoms with E-state index in [1.807, 2.05) is 35.2 Å². The molecule has 0 saturated carbocycles. The van der Waals surface area contributed by atoms with Gasteiger partial charge in [-0.15, -0.1) is 24.8 Å². The van der Waals surface area contributed by atoms with Crippen LogP contribution >= 0.6 is 24.8 Å². The normalized spacial score (nSPS) is 14.0. The molecule has 0 aliphatic carbocycles. The van der Waals surface area contributed by atoms with E-state index in [0.29, 0.717) is 31.7 Å². The van der Waals surface area contributed by atoms with Crippen molar-refractivity contribution in [3.8, 4) is 5.75 Å². The Kier molecular flexibility index (Phi) is 9.52. The number of carbonyl (C=O) groups excluding carboxylic acids is 1. The number of piperazine rings is 1. The third-order valence-electron chi connectivity index (χ3n) is 4.68. The van der Waals surface area contributed by atoms with Gasteiger partial charge in [0.2, 0.25) is 5.91 Å². The molecule has 8 heteroatoms. The highest BCUT2D eigenvalue weighted by molar-refractivity contribution is 5.85. The van der Waals surface area contributed by atoms with E-state index in [4.69, 9.17) is 10.5 Å². The van der Waals surface area contributed by atoms with Gasteiger partial charge in [0.1, 0.15) is 0 Å². The maximum Gasteiger partial charge on any atom is 0.227 e. The number of hydrogen-bond donors (Lipinski definition) is 1. The number of benzene rings is 2. The molecular formula is C20H26Cl2FN3O2. The molecule has 0 bridgehead atoms. The maximum absolute atomic E-state index is 13.8. The van der Waals surface area contributed by atoms with Crippen molar-refractivity contribution in [3.63, 3.8) is 0 Å². The molecule has 1 aliphatic rings. The zero-order valence-electron chi connectivity index (χ0n) is 15.8. The van der Waals surface area contributed by atoms with Crippen LogP contribution < -0.4 is 10.5 Å². The van der Waals surface area contributed by atoms with Crippen LogP contribution in [-0.4, -0.2) is 49.0 Å². The lowest BCUT2D eigenvalue weighted by atomic mass is 10.1. The minimum atomic E-state index is -0.345. The zero-order chi connectivity index (χ0) is 18.5. The van der Waals surface area contributed by atoms with E-state index in [-0.39, 0.29) is 42.3 Å². The Bertz CT molecular complexity index is 767. The van der Waals surface area contributed by atoms with Crippen LogP contribution in [0.3, 0.4) is 0 Å². The molecule has 154 valence electrons. The number of nitrogen functional groups attached to an aromatic ring is 1. The van der Waals surface area contributed by atoms with Gasteiger partial charge in [0.25, 0.3) is 0 Å². The van der Waals surface area contributed by atoms with Crippen LogP contribution in [0.25, 0.3) is 0 Å². The van der Waals surface area contributed by atoms with Gasteiger partial charge in [-0.2, -0.15) is 0 Å². The van der Waals surface area contributed by atoms with E-state index >= 15 is 0 Å². The van der Waals surface area contributed by atoms with Crippen LogP contribution in [0, 0.1) is 5.82 Å². The molecule has 1 aliphatic heterocycles. The Morgan fingerprint density at radius 2 is 1.64 bits per heavy atom. The summed E-state index contributed by atoms with van der Waals surface area (Å²) in [4.78, 5) is 16.6. The molecule has 0 unspecified atom stereocenters. The van der Waals surface area contributed by atoms with Crippen LogP contribution in [0.15, 0.2) is 42.5 Å². The molecule has 1 saturated heterocycles. The van der Waals surface area contributed by atoms with Crippen LogP contribution in [0.2, 0.25) is 0 Å². The molecule has 2 aromatic rings. The van der Waals surface area contributed by atoms with Crippen molar-refractivity contribution in [1.82, 2.24) is 9.80 Å². The van der Waals surface area contributed by atoms with Crippen molar-refractivity contribution < 1.29 is 13.9 Å². The molecule has 1 heterocycles. The molecule has 5 nitrogen and oxygen atoms in total. The molecule has 0 atom stereocenters. The molecule has 28 heavy (non-hydrogen) atoms. The lowest BCUT2D eigenvalue weighted by Crippen LogP contribution is -2.48. The zero-order valence-corrected chi connectivity index (χ0v) is 17.4. The van der Waals surface area contributed by atoms with Gasteiger partial charge in [-0.3, -0.25) is 9.69 Å². The van der Waals surface area contributed by atoms with Gasteiger partial charge in [0, 0.05) is 38.4 Å². The number of hydrogen-bond acceptors (Lipinski definition) is 4. The Hall–Kier alpha value is -2.02. The predicted octanol–water partition coefficient (Wildman–Crippen LogP) is 3.15.